The van der Waals surface area contributed by atoms with Gasteiger partial charge in [0.1, 0.15) is 5.75 Å². The van der Waals surface area contributed by atoms with E-state index >= 15 is 0 Å². The van der Waals surface area contributed by atoms with E-state index < -0.39 is 0 Å². The SMILES string of the molecule is CCCNC(C)C(C)(C)CN(C)c1ccc(O)cc1. The van der Waals surface area contributed by atoms with Crippen molar-refractivity contribution in [3.63, 3.8) is 0 Å². The second-order valence-corrected chi connectivity index (χ2v) is 6.04. The summed E-state index contributed by atoms with van der Waals surface area (Å²) >= 11 is 0. The van der Waals surface area contributed by atoms with Gasteiger partial charge in [-0.1, -0.05) is 20.8 Å². The second kappa shape index (κ2) is 6.80. The molecule has 0 fully saturated rings. The van der Waals surface area contributed by atoms with Gasteiger partial charge in [0.25, 0.3) is 0 Å². The number of aromatic hydroxyl groups is 1. The van der Waals surface area contributed by atoms with Crippen LogP contribution in [0.5, 0.6) is 5.75 Å². The van der Waals surface area contributed by atoms with Crippen LogP contribution in [-0.4, -0.2) is 31.3 Å². The van der Waals surface area contributed by atoms with E-state index in [-0.39, 0.29) is 5.41 Å². The third-order valence-corrected chi connectivity index (χ3v) is 3.81. The molecule has 2 N–H and O–H groups in total. The molecule has 0 aliphatic rings. The first kappa shape index (κ1) is 15.8. The molecule has 3 nitrogen and oxygen atoms in total. The standard InChI is InChI=1S/C16H28N2O/c1-6-11-17-13(2)16(3,4)12-18(5)14-7-9-15(19)10-8-14/h7-10,13,17,19H,6,11-12H2,1-5H3. The Morgan fingerprint density at radius 2 is 1.84 bits per heavy atom. The van der Waals surface area contributed by atoms with Crippen LogP contribution in [0.4, 0.5) is 5.69 Å². The van der Waals surface area contributed by atoms with Crippen LogP contribution >= 0.6 is 0 Å². The highest BCUT2D eigenvalue weighted by molar-refractivity contribution is 5.48. The molecule has 0 spiro atoms. The minimum absolute atomic E-state index is 0.182. The van der Waals surface area contributed by atoms with Crippen LogP contribution in [0.25, 0.3) is 0 Å². The lowest BCUT2D eigenvalue weighted by atomic mass is 9.84. The van der Waals surface area contributed by atoms with E-state index in [9.17, 15) is 5.11 Å². The van der Waals surface area contributed by atoms with Gasteiger partial charge in [0.2, 0.25) is 0 Å². The highest BCUT2D eigenvalue weighted by Gasteiger charge is 2.27. The first-order valence-corrected chi connectivity index (χ1v) is 7.10. The molecule has 1 rings (SSSR count). The van der Waals surface area contributed by atoms with Gasteiger partial charge in [-0.3, -0.25) is 0 Å². The Kier molecular flexibility index (Phi) is 5.67. The predicted octanol–water partition coefficient (Wildman–Crippen LogP) is 3.24. The number of nitrogens with one attached hydrogen (secondary N) is 1. The normalized spacial score (nSPS) is 13.3. The van der Waals surface area contributed by atoms with E-state index in [4.69, 9.17) is 0 Å². The number of phenols is 1. The number of hydrogen-bond donors (Lipinski definition) is 2. The van der Waals surface area contributed by atoms with Crippen LogP contribution in [0, 0.1) is 5.41 Å². The number of rotatable bonds is 7. The zero-order valence-corrected chi connectivity index (χ0v) is 12.9. The molecule has 1 atom stereocenters. The zero-order chi connectivity index (χ0) is 14.5. The summed E-state index contributed by atoms with van der Waals surface area (Å²) in [5, 5.41) is 12.9. The molecule has 0 saturated heterocycles. The summed E-state index contributed by atoms with van der Waals surface area (Å²) in [5.41, 5.74) is 1.32. The molecule has 0 heterocycles. The van der Waals surface area contributed by atoms with Crippen LogP contribution in [0.15, 0.2) is 24.3 Å². The van der Waals surface area contributed by atoms with Crippen molar-refractivity contribution < 1.29 is 5.11 Å². The molecule has 1 unspecified atom stereocenters. The number of anilines is 1. The second-order valence-electron chi connectivity index (χ2n) is 6.04. The van der Waals surface area contributed by atoms with Crippen LogP contribution < -0.4 is 10.2 Å². The van der Waals surface area contributed by atoms with Crippen molar-refractivity contribution in [2.45, 2.75) is 40.2 Å². The van der Waals surface area contributed by atoms with Gasteiger partial charge in [0.05, 0.1) is 0 Å². The summed E-state index contributed by atoms with van der Waals surface area (Å²) in [5.74, 6) is 0.314. The molecule has 0 amide bonds. The van der Waals surface area contributed by atoms with Crippen molar-refractivity contribution in [2.75, 3.05) is 25.0 Å². The summed E-state index contributed by atoms with van der Waals surface area (Å²) in [4.78, 5) is 2.24. The van der Waals surface area contributed by atoms with E-state index in [1.807, 2.05) is 12.1 Å². The lowest BCUT2D eigenvalue weighted by Gasteiger charge is -2.37. The van der Waals surface area contributed by atoms with Gasteiger partial charge in [-0.05, 0) is 49.6 Å². The van der Waals surface area contributed by atoms with Gasteiger partial charge < -0.3 is 15.3 Å². The molecule has 19 heavy (non-hydrogen) atoms. The van der Waals surface area contributed by atoms with Crippen molar-refractivity contribution in [3.05, 3.63) is 24.3 Å². The number of nitrogens with zero attached hydrogens (tertiary/aromatic N) is 1. The van der Waals surface area contributed by atoms with Gasteiger partial charge in [0.15, 0.2) is 0 Å². The maximum absolute atomic E-state index is 9.33. The summed E-state index contributed by atoms with van der Waals surface area (Å²) in [7, 11) is 2.10. The molecule has 1 aromatic rings. The van der Waals surface area contributed by atoms with Gasteiger partial charge in [-0.2, -0.15) is 0 Å². The Bertz CT molecular complexity index is 373. The highest BCUT2D eigenvalue weighted by Crippen LogP contribution is 2.25. The average molecular weight is 264 g/mol. The smallest absolute Gasteiger partial charge is 0.115 e. The quantitative estimate of drug-likeness (QED) is 0.793. The third kappa shape index (κ3) is 4.75. The molecule has 0 bridgehead atoms. The molecular weight excluding hydrogens is 236 g/mol. The van der Waals surface area contributed by atoms with Gasteiger partial charge >= 0.3 is 0 Å². The van der Waals surface area contributed by atoms with Crippen molar-refractivity contribution in [3.8, 4) is 5.75 Å². The average Bonchev–Trinajstić information content (AvgIpc) is 2.36. The van der Waals surface area contributed by atoms with E-state index in [1.165, 1.54) is 0 Å². The largest absolute Gasteiger partial charge is 0.508 e. The summed E-state index contributed by atoms with van der Waals surface area (Å²) in [6.45, 7) is 11.0. The molecule has 0 saturated carbocycles. The molecule has 1 aromatic carbocycles. The van der Waals surface area contributed by atoms with Crippen LogP contribution in [0.1, 0.15) is 34.1 Å². The Morgan fingerprint density at radius 3 is 2.37 bits per heavy atom. The van der Waals surface area contributed by atoms with Crippen LogP contribution in [0.2, 0.25) is 0 Å². The fraction of sp³-hybridized carbons (Fsp3) is 0.625. The third-order valence-electron chi connectivity index (χ3n) is 3.81. The molecule has 3 heteroatoms. The molecule has 0 aromatic heterocycles. The monoisotopic (exact) mass is 264 g/mol. The van der Waals surface area contributed by atoms with E-state index in [2.05, 4.69) is 45.0 Å². The lowest BCUT2D eigenvalue weighted by molar-refractivity contribution is 0.263. The minimum Gasteiger partial charge on any atom is -0.508 e. The Hall–Kier alpha value is -1.22. The topological polar surface area (TPSA) is 35.5 Å². The molecule has 0 radical (unpaired) electrons. The summed E-state index contributed by atoms with van der Waals surface area (Å²) in [6, 6.07) is 7.84. The molecule has 0 aliphatic heterocycles. The maximum atomic E-state index is 9.33. The number of phenolic OH excluding ortho intramolecular Hbond substituents is 1. The fourth-order valence-corrected chi connectivity index (χ4v) is 2.18. The van der Waals surface area contributed by atoms with E-state index in [1.54, 1.807) is 12.1 Å². The first-order valence-electron chi connectivity index (χ1n) is 7.10. The van der Waals surface area contributed by atoms with Crippen molar-refractivity contribution in [1.29, 1.82) is 0 Å². The first-order chi connectivity index (χ1) is 8.86. The van der Waals surface area contributed by atoms with Gasteiger partial charge in [-0.25, -0.2) is 0 Å². The number of hydrogen-bond acceptors (Lipinski definition) is 3. The molecule has 0 aliphatic carbocycles. The Labute approximate surface area is 117 Å². The maximum Gasteiger partial charge on any atom is 0.115 e. The zero-order valence-electron chi connectivity index (χ0n) is 12.9. The Balaban J connectivity index is 2.63. The predicted molar refractivity (Wildman–Crippen MR) is 82.9 cm³/mol. The molecule has 108 valence electrons. The number of benzene rings is 1. The highest BCUT2D eigenvalue weighted by atomic mass is 16.3. The van der Waals surface area contributed by atoms with Crippen molar-refractivity contribution in [2.24, 2.45) is 5.41 Å². The van der Waals surface area contributed by atoms with Crippen molar-refractivity contribution in [1.82, 2.24) is 5.32 Å². The Morgan fingerprint density at radius 1 is 1.26 bits per heavy atom. The van der Waals surface area contributed by atoms with E-state index in [0.717, 1.165) is 25.2 Å². The van der Waals surface area contributed by atoms with Crippen LogP contribution in [-0.2, 0) is 0 Å². The summed E-state index contributed by atoms with van der Waals surface area (Å²) in [6.07, 6.45) is 1.16. The van der Waals surface area contributed by atoms with Crippen LogP contribution in [0.3, 0.4) is 0 Å². The lowest BCUT2D eigenvalue weighted by Crippen LogP contribution is -2.46. The molecular formula is C16H28N2O. The van der Waals surface area contributed by atoms with E-state index in [0.29, 0.717) is 11.8 Å². The summed E-state index contributed by atoms with van der Waals surface area (Å²) < 4.78 is 0. The van der Waals surface area contributed by atoms with Crippen molar-refractivity contribution >= 4 is 5.69 Å². The van der Waals surface area contributed by atoms with Gasteiger partial charge in [0, 0.05) is 25.3 Å². The van der Waals surface area contributed by atoms with Gasteiger partial charge in [-0.15, -0.1) is 0 Å². The minimum atomic E-state index is 0.182. The fourth-order valence-electron chi connectivity index (χ4n) is 2.18.